The Morgan fingerprint density at radius 2 is 2.15 bits per heavy atom. The molecule has 1 aliphatic rings. The number of amides is 2. The topological polar surface area (TPSA) is 89.9 Å². The molecule has 1 fully saturated rings. The molecule has 7 heteroatoms. The highest BCUT2D eigenvalue weighted by Gasteiger charge is 2.34. The molecule has 0 aliphatic carbocycles. The molecule has 108 valence electrons. The number of urea groups is 1. The second-order valence-corrected chi connectivity index (χ2v) is 5.10. The van der Waals surface area contributed by atoms with Crippen molar-refractivity contribution in [3.05, 3.63) is 29.6 Å². The molecule has 0 radical (unpaired) electrons. The molecular weight excluding hydrogens is 267 g/mol. The van der Waals surface area contributed by atoms with Crippen molar-refractivity contribution in [3.8, 4) is 0 Å². The minimum atomic E-state index is -1.24. The zero-order valence-corrected chi connectivity index (χ0v) is 10.9. The zero-order valence-electron chi connectivity index (χ0n) is 10.9. The van der Waals surface area contributed by atoms with Crippen molar-refractivity contribution < 1.29 is 24.2 Å². The first-order chi connectivity index (χ1) is 9.28. The first-order valence-electron chi connectivity index (χ1n) is 6.10. The Bertz CT molecular complexity index is 559. The van der Waals surface area contributed by atoms with E-state index in [-0.39, 0.29) is 17.8 Å². The zero-order chi connectivity index (χ0) is 14.9. The van der Waals surface area contributed by atoms with Crippen molar-refractivity contribution in [2.75, 3.05) is 18.4 Å². The van der Waals surface area contributed by atoms with Crippen LogP contribution in [0, 0.1) is 5.82 Å². The van der Waals surface area contributed by atoms with Crippen molar-refractivity contribution in [2.24, 2.45) is 0 Å². The highest BCUT2D eigenvalue weighted by Crippen LogP contribution is 2.22. The van der Waals surface area contributed by atoms with Gasteiger partial charge in [-0.3, -0.25) is 0 Å². The average Bonchev–Trinajstić information content (AvgIpc) is 2.72. The Morgan fingerprint density at radius 3 is 2.65 bits per heavy atom. The fourth-order valence-electron chi connectivity index (χ4n) is 2.06. The van der Waals surface area contributed by atoms with Crippen LogP contribution in [0.5, 0.6) is 0 Å². The van der Waals surface area contributed by atoms with Gasteiger partial charge in [-0.05, 0) is 31.5 Å². The first kappa shape index (κ1) is 14.3. The maximum atomic E-state index is 13.7. The number of aromatic carboxylic acids is 1. The Labute approximate surface area is 114 Å². The van der Waals surface area contributed by atoms with E-state index in [0.717, 1.165) is 6.07 Å². The summed E-state index contributed by atoms with van der Waals surface area (Å²) < 4.78 is 13.7. The van der Waals surface area contributed by atoms with Crippen LogP contribution in [-0.2, 0) is 0 Å². The largest absolute Gasteiger partial charge is 0.478 e. The number of benzene rings is 1. The normalized spacial score (nSPS) is 21.9. The summed E-state index contributed by atoms with van der Waals surface area (Å²) in [4.78, 5) is 24.0. The molecule has 20 heavy (non-hydrogen) atoms. The third kappa shape index (κ3) is 3.05. The van der Waals surface area contributed by atoms with Gasteiger partial charge in [0.15, 0.2) is 0 Å². The van der Waals surface area contributed by atoms with Crippen molar-refractivity contribution in [1.82, 2.24) is 4.90 Å². The van der Waals surface area contributed by atoms with E-state index in [9.17, 15) is 19.1 Å². The van der Waals surface area contributed by atoms with E-state index in [4.69, 9.17) is 5.11 Å². The average molecular weight is 282 g/mol. The van der Waals surface area contributed by atoms with E-state index in [1.54, 1.807) is 6.92 Å². The number of carboxylic acids is 1. The van der Waals surface area contributed by atoms with Gasteiger partial charge in [0.1, 0.15) is 5.82 Å². The van der Waals surface area contributed by atoms with Gasteiger partial charge in [-0.25, -0.2) is 14.0 Å². The fourth-order valence-corrected chi connectivity index (χ4v) is 2.06. The number of likely N-dealkylation sites (tertiary alicyclic amines) is 1. The molecule has 0 saturated carbocycles. The minimum Gasteiger partial charge on any atom is -0.478 e. The Balaban J connectivity index is 2.07. The summed E-state index contributed by atoms with van der Waals surface area (Å²) in [6, 6.07) is 2.73. The van der Waals surface area contributed by atoms with Gasteiger partial charge in [0.25, 0.3) is 0 Å². The molecule has 1 aliphatic heterocycles. The molecule has 0 bridgehead atoms. The highest BCUT2D eigenvalue weighted by molar-refractivity contribution is 5.92. The molecule has 3 N–H and O–H groups in total. The predicted molar refractivity (Wildman–Crippen MR) is 69.2 cm³/mol. The number of rotatable bonds is 2. The van der Waals surface area contributed by atoms with Crippen LogP contribution < -0.4 is 5.32 Å². The maximum Gasteiger partial charge on any atom is 0.335 e. The van der Waals surface area contributed by atoms with Crippen LogP contribution in [0.2, 0.25) is 0 Å². The molecule has 1 aromatic rings. The lowest BCUT2D eigenvalue weighted by Crippen LogP contribution is -2.36. The fraction of sp³-hybridized carbons (Fsp3) is 0.385. The highest BCUT2D eigenvalue weighted by atomic mass is 19.1. The number of β-amino-alcohol motifs (C(OH)–C–C–N with tert-alkyl or cyclic N) is 1. The van der Waals surface area contributed by atoms with Gasteiger partial charge >= 0.3 is 12.0 Å². The van der Waals surface area contributed by atoms with Crippen molar-refractivity contribution in [2.45, 2.75) is 18.9 Å². The summed E-state index contributed by atoms with van der Waals surface area (Å²) in [5.41, 5.74) is -1.21. The van der Waals surface area contributed by atoms with Gasteiger partial charge < -0.3 is 20.4 Å². The number of anilines is 1. The third-order valence-electron chi connectivity index (χ3n) is 3.20. The van der Waals surface area contributed by atoms with E-state index in [1.807, 2.05) is 0 Å². The Morgan fingerprint density at radius 1 is 1.45 bits per heavy atom. The SMILES string of the molecule is CC1(O)CCN(C(=O)Nc2ccc(C(=O)O)cc2F)C1. The molecular formula is C13H15FN2O4. The number of aliphatic hydroxyl groups is 1. The van der Waals surface area contributed by atoms with Crippen LogP contribution in [0.15, 0.2) is 18.2 Å². The third-order valence-corrected chi connectivity index (χ3v) is 3.20. The number of carbonyl (C=O) groups excluding carboxylic acids is 1. The summed E-state index contributed by atoms with van der Waals surface area (Å²) in [6.45, 7) is 2.18. The van der Waals surface area contributed by atoms with E-state index in [2.05, 4.69) is 5.32 Å². The quantitative estimate of drug-likeness (QED) is 0.767. The molecule has 0 spiro atoms. The lowest BCUT2D eigenvalue weighted by Gasteiger charge is -2.19. The Hall–Kier alpha value is -2.15. The van der Waals surface area contributed by atoms with Gasteiger partial charge in [0, 0.05) is 6.54 Å². The van der Waals surface area contributed by atoms with Crippen LogP contribution in [0.4, 0.5) is 14.9 Å². The van der Waals surface area contributed by atoms with Crippen molar-refractivity contribution in [3.63, 3.8) is 0 Å². The van der Waals surface area contributed by atoms with Crippen LogP contribution in [-0.4, -0.2) is 45.8 Å². The van der Waals surface area contributed by atoms with Crippen molar-refractivity contribution in [1.29, 1.82) is 0 Å². The molecule has 1 saturated heterocycles. The molecule has 2 amide bonds. The molecule has 1 aromatic carbocycles. The van der Waals surface area contributed by atoms with E-state index < -0.39 is 23.4 Å². The van der Waals surface area contributed by atoms with Gasteiger partial charge in [-0.2, -0.15) is 0 Å². The summed E-state index contributed by atoms with van der Waals surface area (Å²) in [6.07, 6.45) is 0.459. The summed E-state index contributed by atoms with van der Waals surface area (Å²) >= 11 is 0. The van der Waals surface area contributed by atoms with E-state index in [0.29, 0.717) is 13.0 Å². The minimum absolute atomic E-state index is 0.0912. The lowest BCUT2D eigenvalue weighted by atomic mass is 10.1. The number of hydrogen-bond acceptors (Lipinski definition) is 3. The molecule has 1 atom stereocenters. The van der Waals surface area contributed by atoms with E-state index >= 15 is 0 Å². The van der Waals surface area contributed by atoms with Crippen molar-refractivity contribution >= 4 is 17.7 Å². The number of nitrogens with one attached hydrogen (secondary N) is 1. The maximum absolute atomic E-state index is 13.7. The van der Waals surface area contributed by atoms with Gasteiger partial charge in [0.05, 0.1) is 23.4 Å². The number of nitrogens with zero attached hydrogens (tertiary/aromatic N) is 1. The Kier molecular flexibility index (Phi) is 3.63. The van der Waals surface area contributed by atoms with Crippen LogP contribution >= 0.6 is 0 Å². The number of carboxylic acid groups (broad SMARTS) is 1. The molecule has 2 rings (SSSR count). The summed E-state index contributed by atoms with van der Waals surface area (Å²) in [5.74, 6) is -2.05. The molecule has 6 nitrogen and oxygen atoms in total. The second-order valence-electron chi connectivity index (χ2n) is 5.10. The van der Waals surface area contributed by atoms with Gasteiger partial charge in [-0.1, -0.05) is 0 Å². The van der Waals surface area contributed by atoms with Crippen LogP contribution in [0.3, 0.4) is 0 Å². The standard InChI is InChI=1S/C13H15FN2O4/c1-13(20)4-5-16(7-13)12(19)15-10-3-2-8(11(17)18)6-9(10)14/h2-3,6,20H,4-5,7H2,1H3,(H,15,19)(H,17,18). The predicted octanol–water partition coefficient (Wildman–Crippen LogP) is 1.51. The molecule has 1 unspecified atom stereocenters. The first-order valence-corrected chi connectivity index (χ1v) is 6.10. The number of carbonyl (C=O) groups is 2. The summed E-state index contributed by atoms with van der Waals surface area (Å²) in [7, 11) is 0. The summed E-state index contributed by atoms with van der Waals surface area (Å²) in [5, 5.41) is 20.9. The van der Waals surface area contributed by atoms with Crippen LogP contribution in [0.1, 0.15) is 23.7 Å². The van der Waals surface area contributed by atoms with Gasteiger partial charge in [0.2, 0.25) is 0 Å². The molecule has 0 aromatic heterocycles. The van der Waals surface area contributed by atoms with Gasteiger partial charge in [-0.15, -0.1) is 0 Å². The smallest absolute Gasteiger partial charge is 0.335 e. The lowest BCUT2D eigenvalue weighted by molar-refractivity contribution is 0.0695. The van der Waals surface area contributed by atoms with E-state index in [1.165, 1.54) is 17.0 Å². The monoisotopic (exact) mass is 282 g/mol. The second kappa shape index (κ2) is 5.09. The number of hydrogen-bond donors (Lipinski definition) is 3. The number of halogens is 1. The van der Waals surface area contributed by atoms with Crippen LogP contribution in [0.25, 0.3) is 0 Å². The molecule has 1 heterocycles.